The van der Waals surface area contributed by atoms with E-state index in [-0.39, 0.29) is 10.8 Å². The lowest BCUT2D eigenvalue weighted by Gasteiger charge is -2.15. The van der Waals surface area contributed by atoms with Crippen molar-refractivity contribution in [3.63, 3.8) is 0 Å². The fourth-order valence-electron chi connectivity index (χ4n) is 2.17. The predicted molar refractivity (Wildman–Crippen MR) is 73.7 cm³/mol. The van der Waals surface area contributed by atoms with Crippen LogP contribution >= 0.6 is 0 Å². The van der Waals surface area contributed by atoms with Crippen LogP contribution in [0.2, 0.25) is 0 Å². The highest BCUT2D eigenvalue weighted by Gasteiger charge is 2.24. The van der Waals surface area contributed by atoms with Gasteiger partial charge in [0.05, 0.1) is 4.90 Å². The molecular formula is C13H18N2O3S. The lowest BCUT2D eigenvalue weighted by Crippen LogP contribution is -2.27. The third-order valence-corrected chi connectivity index (χ3v) is 4.64. The first-order chi connectivity index (χ1) is 8.95. The highest BCUT2D eigenvalue weighted by Crippen LogP contribution is 2.30. The fraction of sp³-hybridized carbons (Fsp3) is 0.462. The van der Waals surface area contributed by atoms with Crippen LogP contribution in [-0.2, 0) is 21.2 Å². The molecule has 0 saturated carbocycles. The highest BCUT2D eigenvalue weighted by molar-refractivity contribution is 7.89. The van der Waals surface area contributed by atoms with E-state index in [0.29, 0.717) is 18.8 Å². The summed E-state index contributed by atoms with van der Waals surface area (Å²) in [5.41, 5.74) is 1.73. The summed E-state index contributed by atoms with van der Waals surface area (Å²) in [6.45, 7) is 4.43. The van der Waals surface area contributed by atoms with Gasteiger partial charge in [-0.25, -0.2) is 13.1 Å². The van der Waals surface area contributed by atoms with Gasteiger partial charge in [-0.15, -0.1) is 0 Å². The van der Waals surface area contributed by atoms with E-state index in [9.17, 15) is 13.2 Å². The van der Waals surface area contributed by atoms with Gasteiger partial charge >= 0.3 is 0 Å². The Bertz CT molecular complexity index is 596. The van der Waals surface area contributed by atoms with Crippen LogP contribution in [0.4, 0.5) is 5.69 Å². The molecule has 1 N–H and O–H groups in total. The fourth-order valence-corrected chi connectivity index (χ4v) is 3.33. The number of hydrogen-bond acceptors (Lipinski definition) is 3. The average Bonchev–Trinajstić information content (AvgIpc) is 2.79. The third kappa shape index (κ3) is 2.79. The minimum atomic E-state index is -3.48. The molecule has 1 aliphatic heterocycles. The second-order valence-electron chi connectivity index (χ2n) is 4.61. The van der Waals surface area contributed by atoms with Gasteiger partial charge < -0.3 is 4.90 Å². The van der Waals surface area contributed by atoms with Gasteiger partial charge in [0.1, 0.15) is 0 Å². The maximum absolute atomic E-state index is 12.1. The topological polar surface area (TPSA) is 66.5 Å². The van der Waals surface area contributed by atoms with E-state index in [0.717, 1.165) is 18.4 Å². The van der Waals surface area contributed by atoms with Gasteiger partial charge in [-0.3, -0.25) is 4.79 Å². The highest BCUT2D eigenvalue weighted by atomic mass is 32.2. The van der Waals surface area contributed by atoms with Crippen molar-refractivity contribution in [2.24, 2.45) is 0 Å². The first-order valence-electron chi connectivity index (χ1n) is 6.36. The molecule has 1 aliphatic rings. The van der Waals surface area contributed by atoms with Crippen LogP contribution in [0.1, 0.15) is 25.8 Å². The summed E-state index contributed by atoms with van der Waals surface area (Å²) in [5.74, 6) is -0.0604. The Balaban J connectivity index is 2.36. The van der Waals surface area contributed by atoms with Gasteiger partial charge in [-0.2, -0.15) is 0 Å². The minimum absolute atomic E-state index is 0.0604. The lowest BCUT2D eigenvalue weighted by atomic mass is 10.2. The summed E-state index contributed by atoms with van der Waals surface area (Å²) in [7, 11) is -3.48. The summed E-state index contributed by atoms with van der Waals surface area (Å²) in [6.07, 6.45) is 1.52. The second-order valence-corrected chi connectivity index (χ2v) is 6.38. The number of sulfonamides is 1. The molecule has 1 aromatic rings. The number of nitrogens with zero attached hydrogens (tertiary/aromatic N) is 1. The smallest absolute Gasteiger partial charge is 0.240 e. The monoisotopic (exact) mass is 282 g/mol. The van der Waals surface area contributed by atoms with E-state index in [1.807, 2.05) is 6.92 Å². The summed E-state index contributed by atoms with van der Waals surface area (Å²) < 4.78 is 26.6. The Labute approximate surface area is 113 Å². The molecule has 0 spiro atoms. The molecule has 2 rings (SSSR count). The first kappa shape index (κ1) is 14.0. The Hall–Kier alpha value is -1.40. The number of hydrogen-bond donors (Lipinski definition) is 1. The van der Waals surface area contributed by atoms with Crippen molar-refractivity contribution in [1.82, 2.24) is 4.72 Å². The zero-order chi connectivity index (χ0) is 14.0. The molecule has 5 nitrogen and oxygen atoms in total. The van der Waals surface area contributed by atoms with Crippen LogP contribution in [-0.4, -0.2) is 27.4 Å². The third-order valence-electron chi connectivity index (χ3n) is 3.18. The van der Waals surface area contributed by atoms with Crippen LogP contribution in [0.5, 0.6) is 0 Å². The van der Waals surface area contributed by atoms with Crippen LogP contribution in [0.25, 0.3) is 0 Å². The Kier molecular flexibility index (Phi) is 3.91. The zero-order valence-electron chi connectivity index (χ0n) is 11.1. The number of carbonyl (C=O) groups is 1. The molecule has 0 unspecified atom stereocenters. The number of anilines is 1. The van der Waals surface area contributed by atoms with Gasteiger partial charge in [-0.1, -0.05) is 13.0 Å². The minimum Gasteiger partial charge on any atom is -0.312 e. The van der Waals surface area contributed by atoms with Gasteiger partial charge in [-0.05, 0) is 30.5 Å². The number of amides is 1. The molecule has 0 aliphatic carbocycles. The van der Waals surface area contributed by atoms with Crippen LogP contribution in [0.3, 0.4) is 0 Å². The Morgan fingerprint density at radius 2 is 2.16 bits per heavy atom. The van der Waals surface area contributed by atoms with Crippen LogP contribution in [0.15, 0.2) is 23.1 Å². The molecule has 0 bridgehead atoms. The largest absolute Gasteiger partial charge is 0.312 e. The van der Waals surface area contributed by atoms with Crippen molar-refractivity contribution in [1.29, 1.82) is 0 Å². The maximum Gasteiger partial charge on any atom is 0.240 e. The summed E-state index contributed by atoms with van der Waals surface area (Å²) in [5, 5.41) is 0. The van der Waals surface area contributed by atoms with Crippen LogP contribution in [0, 0.1) is 0 Å². The van der Waals surface area contributed by atoms with Gasteiger partial charge in [0.2, 0.25) is 15.9 Å². The molecular weight excluding hydrogens is 264 g/mol. The Morgan fingerprint density at radius 1 is 1.42 bits per heavy atom. The number of carbonyl (C=O) groups excluding carboxylic acids is 1. The molecule has 104 valence electrons. The van der Waals surface area contributed by atoms with Gasteiger partial charge in [0.25, 0.3) is 0 Å². The molecule has 0 atom stereocenters. The van der Waals surface area contributed by atoms with Crippen molar-refractivity contribution in [2.75, 3.05) is 18.0 Å². The molecule has 6 heteroatoms. The van der Waals surface area contributed by atoms with Crippen molar-refractivity contribution in [3.05, 3.63) is 23.8 Å². The quantitative estimate of drug-likeness (QED) is 0.904. The average molecular weight is 282 g/mol. The molecule has 0 fully saturated rings. The van der Waals surface area contributed by atoms with Gasteiger partial charge in [0.15, 0.2) is 0 Å². The maximum atomic E-state index is 12.1. The van der Waals surface area contributed by atoms with Gasteiger partial charge in [0, 0.05) is 25.7 Å². The second kappa shape index (κ2) is 5.30. The van der Waals surface area contributed by atoms with Crippen molar-refractivity contribution < 1.29 is 13.2 Å². The molecule has 0 radical (unpaired) electrons. The summed E-state index contributed by atoms with van der Waals surface area (Å²) in [6, 6.07) is 4.97. The standard InChI is InChI=1S/C13H18N2O3S/c1-3-7-14-19(17,18)12-5-4-11-6-8-15(10(2)16)13(11)9-12/h4-5,9,14H,3,6-8H2,1-2H3. The van der Waals surface area contributed by atoms with Crippen LogP contribution < -0.4 is 9.62 Å². The van der Waals surface area contributed by atoms with E-state index in [1.165, 1.54) is 6.92 Å². The number of fused-ring (bicyclic) bond motifs is 1. The number of benzene rings is 1. The molecule has 0 aromatic heterocycles. The molecule has 19 heavy (non-hydrogen) atoms. The molecule has 0 saturated heterocycles. The molecule has 1 aromatic carbocycles. The summed E-state index contributed by atoms with van der Waals surface area (Å²) >= 11 is 0. The number of rotatable bonds is 4. The van der Waals surface area contributed by atoms with Crippen molar-refractivity contribution >= 4 is 21.6 Å². The van der Waals surface area contributed by atoms with E-state index in [4.69, 9.17) is 0 Å². The van der Waals surface area contributed by atoms with Crippen molar-refractivity contribution in [2.45, 2.75) is 31.6 Å². The van der Waals surface area contributed by atoms with Crippen molar-refractivity contribution in [3.8, 4) is 0 Å². The van der Waals surface area contributed by atoms with E-state index >= 15 is 0 Å². The summed E-state index contributed by atoms with van der Waals surface area (Å²) in [4.78, 5) is 13.3. The normalized spacial score (nSPS) is 14.5. The zero-order valence-corrected chi connectivity index (χ0v) is 12.0. The lowest BCUT2D eigenvalue weighted by molar-refractivity contribution is -0.116. The van der Waals surface area contributed by atoms with E-state index in [2.05, 4.69) is 4.72 Å². The van der Waals surface area contributed by atoms with E-state index < -0.39 is 10.0 Å². The number of nitrogens with one attached hydrogen (secondary N) is 1. The predicted octanol–water partition coefficient (Wildman–Crippen LogP) is 1.28. The first-order valence-corrected chi connectivity index (χ1v) is 7.84. The van der Waals surface area contributed by atoms with E-state index in [1.54, 1.807) is 23.1 Å². The SMILES string of the molecule is CCCNS(=O)(=O)c1ccc2c(c1)N(C(C)=O)CC2. The molecule has 1 amide bonds. The molecule has 1 heterocycles. The Morgan fingerprint density at radius 3 is 2.79 bits per heavy atom.